The monoisotopic (exact) mass is 405 g/mol. The van der Waals surface area contributed by atoms with E-state index in [0.29, 0.717) is 10.9 Å². The summed E-state index contributed by atoms with van der Waals surface area (Å²) in [6, 6.07) is 15.0. The number of hydrogen-bond acceptors (Lipinski definition) is 4. The Labute approximate surface area is 175 Å². The molecule has 1 atom stereocenters. The Balaban J connectivity index is 1.59. The number of carbonyl (C=O) groups excluding carboxylic acids is 1. The second kappa shape index (κ2) is 8.32. The van der Waals surface area contributed by atoms with Crippen LogP contribution in [0.25, 0.3) is 10.9 Å². The molecule has 156 valence electrons. The molecule has 3 aromatic rings. The summed E-state index contributed by atoms with van der Waals surface area (Å²) in [5.41, 5.74) is 2.25. The molecule has 1 unspecified atom stereocenters. The molecule has 0 saturated carbocycles. The number of pyridine rings is 1. The van der Waals surface area contributed by atoms with Crippen molar-refractivity contribution < 1.29 is 9.90 Å². The lowest BCUT2D eigenvalue weighted by Gasteiger charge is -2.19. The number of rotatable bonds is 5. The molecule has 2 aromatic carbocycles. The Hall–Kier alpha value is -3.12. The molecule has 1 aliphatic heterocycles. The Morgan fingerprint density at radius 2 is 1.87 bits per heavy atom. The van der Waals surface area contributed by atoms with Gasteiger partial charge < -0.3 is 15.0 Å². The molecule has 2 heterocycles. The molecule has 1 fully saturated rings. The van der Waals surface area contributed by atoms with E-state index in [-0.39, 0.29) is 11.6 Å². The van der Waals surface area contributed by atoms with Crippen LogP contribution in [0.4, 0.5) is 0 Å². The minimum Gasteiger partial charge on any atom is -0.502 e. The minimum absolute atomic E-state index is 0.0220. The number of nitrogens with one attached hydrogen (secondary N) is 1. The maximum Gasteiger partial charge on any atom is 0.293 e. The number of hydrogen-bond donors (Lipinski definition) is 2. The van der Waals surface area contributed by atoms with Crippen molar-refractivity contribution in [1.29, 1.82) is 0 Å². The highest BCUT2D eigenvalue weighted by Gasteiger charge is 2.22. The molecule has 1 amide bonds. The van der Waals surface area contributed by atoms with Crippen LogP contribution in [0.1, 0.15) is 47.3 Å². The van der Waals surface area contributed by atoms with Crippen molar-refractivity contribution in [1.82, 2.24) is 14.8 Å². The zero-order valence-electron chi connectivity index (χ0n) is 17.4. The van der Waals surface area contributed by atoms with E-state index in [4.69, 9.17) is 0 Å². The van der Waals surface area contributed by atoms with Gasteiger partial charge in [0.1, 0.15) is 0 Å². The predicted molar refractivity (Wildman–Crippen MR) is 118 cm³/mol. The Bertz CT molecular complexity index is 1150. The normalized spacial score (nSPS) is 15.4. The van der Waals surface area contributed by atoms with E-state index in [0.717, 1.165) is 25.2 Å². The first-order valence-corrected chi connectivity index (χ1v) is 10.4. The van der Waals surface area contributed by atoms with Crippen molar-refractivity contribution in [2.75, 3.05) is 13.1 Å². The number of amides is 1. The molecule has 1 saturated heterocycles. The maximum atomic E-state index is 13.1. The number of likely N-dealkylation sites (tertiary alicyclic amines) is 1. The molecule has 0 aliphatic carbocycles. The molecule has 30 heavy (non-hydrogen) atoms. The number of fused-ring (bicyclic) bond motifs is 1. The molecule has 0 radical (unpaired) electrons. The number of benzene rings is 2. The lowest BCUT2D eigenvalue weighted by Crippen LogP contribution is -2.29. The third-order valence-corrected chi connectivity index (χ3v) is 5.91. The molecular weight excluding hydrogens is 378 g/mol. The summed E-state index contributed by atoms with van der Waals surface area (Å²) < 4.78 is 1.35. The number of carbonyl (C=O) groups is 1. The van der Waals surface area contributed by atoms with Crippen molar-refractivity contribution in [2.24, 2.45) is 7.05 Å². The number of aryl methyl sites for hydroxylation is 1. The van der Waals surface area contributed by atoms with Gasteiger partial charge in [0, 0.05) is 19.0 Å². The first-order valence-electron chi connectivity index (χ1n) is 10.4. The topological polar surface area (TPSA) is 74.6 Å². The van der Waals surface area contributed by atoms with Gasteiger partial charge in [0.25, 0.3) is 11.5 Å². The summed E-state index contributed by atoms with van der Waals surface area (Å²) in [6.45, 7) is 5.08. The molecule has 1 aliphatic rings. The molecule has 4 rings (SSSR count). The highest BCUT2D eigenvalue weighted by atomic mass is 16.3. The smallest absolute Gasteiger partial charge is 0.293 e. The van der Waals surface area contributed by atoms with Crippen molar-refractivity contribution in [3.05, 3.63) is 75.6 Å². The van der Waals surface area contributed by atoms with Gasteiger partial charge in [-0.3, -0.25) is 14.5 Å². The number of para-hydroxylation sites is 1. The van der Waals surface area contributed by atoms with Gasteiger partial charge in [0.05, 0.1) is 17.1 Å². The summed E-state index contributed by atoms with van der Waals surface area (Å²) in [7, 11) is 1.58. The maximum absolute atomic E-state index is 13.1. The summed E-state index contributed by atoms with van der Waals surface area (Å²) in [4.78, 5) is 27.9. The van der Waals surface area contributed by atoms with Crippen LogP contribution in [0.2, 0.25) is 0 Å². The second-order valence-corrected chi connectivity index (χ2v) is 8.03. The van der Waals surface area contributed by atoms with Crippen molar-refractivity contribution in [3.8, 4) is 5.75 Å². The highest BCUT2D eigenvalue weighted by molar-refractivity contribution is 6.08. The Morgan fingerprint density at radius 3 is 2.63 bits per heavy atom. The van der Waals surface area contributed by atoms with Gasteiger partial charge in [0.15, 0.2) is 5.75 Å². The van der Waals surface area contributed by atoms with Gasteiger partial charge in [-0.1, -0.05) is 42.5 Å². The van der Waals surface area contributed by atoms with Gasteiger partial charge in [-0.15, -0.1) is 0 Å². The first kappa shape index (κ1) is 20.2. The summed E-state index contributed by atoms with van der Waals surface area (Å²) in [6.07, 6.45) is 2.50. The lowest BCUT2D eigenvalue weighted by molar-refractivity contribution is 0.0938. The standard InChI is InChI=1S/C24H27N3O3/c1-16(18-9-7-8-17(14-18)15-27-12-5-6-13-27)25-23(29)21-19-10-3-4-11-20(19)26(2)24(30)22(21)28/h3-4,7-11,14,16,28H,5-6,12-13,15H2,1-2H3,(H,25,29). The lowest BCUT2D eigenvalue weighted by atomic mass is 10.0. The molecule has 2 N–H and O–H groups in total. The van der Waals surface area contributed by atoms with Crippen LogP contribution in [0.3, 0.4) is 0 Å². The van der Waals surface area contributed by atoms with Gasteiger partial charge in [-0.05, 0) is 50.0 Å². The first-order chi connectivity index (χ1) is 14.5. The number of aromatic nitrogens is 1. The van der Waals surface area contributed by atoms with Gasteiger partial charge >= 0.3 is 0 Å². The zero-order chi connectivity index (χ0) is 21.3. The van der Waals surface area contributed by atoms with Crippen LogP contribution in [0.15, 0.2) is 53.3 Å². The molecule has 6 nitrogen and oxygen atoms in total. The minimum atomic E-state index is -0.584. The average Bonchev–Trinajstić information content (AvgIpc) is 3.25. The third-order valence-electron chi connectivity index (χ3n) is 5.91. The van der Waals surface area contributed by atoms with Crippen LogP contribution in [0.5, 0.6) is 5.75 Å². The molecule has 6 heteroatoms. The van der Waals surface area contributed by atoms with E-state index < -0.39 is 17.2 Å². The Kier molecular flexibility index (Phi) is 5.59. The second-order valence-electron chi connectivity index (χ2n) is 8.03. The molecule has 0 bridgehead atoms. The fourth-order valence-electron chi connectivity index (χ4n) is 4.22. The fraction of sp³-hybridized carbons (Fsp3) is 0.333. The van der Waals surface area contributed by atoms with Gasteiger partial charge in [-0.25, -0.2) is 0 Å². The van der Waals surface area contributed by atoms with Crippen LogP contribution >= 0.6 is 0 Å². The van der Waals surface area contributed by atoms with E-state index in [1.54, 1.807) is 31.3 Å². The molecule has 0 spiro atoms. The largest absolute Gasteiger partial charge is 0.502 e. The summed E-state index contributed by atoms with van der Waals surface area (Å²) in [5, 5.41) is 13.9. The average molecular weight is 405 g/mol. The van der Waals surface area contributed by atoms with Crippen LogP contribution < -0.4 is 10.9 Å². The molecule has 1 aromatic heterocycles. The van der Waals surface area contributed by atoms with Gasteiger partial charge in [-0.2, -0.15) is 0 Å². The van der Waals surface area contributed by atoms with Crippen LogP contribution in [-0.2, 0) is 13.6 Å². The predicted octanol–water partition coefficient (Wildman–Crippen LogP) is 3.33. The molecular formula is C24H27N3O3. The highest BCUT2D eigenvalue weighted by Crippen LogP contribution is 2.25. The number of aromatic hydroxyl groups is 1. The Morgan fingerprint density at radius 1 is 1.13 bits per heavy atom. The van der Waals surface area contributed by atoms with E-state index in [2.05, 4.69) is 22.3 Å². The SMILES string of the molecule is CC(NC(=O)c1c(O)c(=O)n(C)c2ccccc12)c1cccc(CN2CCCC2)c1. The third kappa shape index (κ3) is 3.83. The summed E-state index contributed by atoms with van der Waals surface area (Å²) in [5.74, 6) is -0.984. The quantitative estimate of drug-likeness (QED) is 0.683. The van der Waals surface area contributed by atoms with E-state index >= 15 is 0 Å². The van der Waals surface area contributed by atoms with Crippen LogP contribution in [-0.4, -0.2) is 33.6 Å². The van der Waals surface area contributed by atoms with Crippen LogP contribution in [0, 0.1) is 0 Å². The van der Waals surface area contributed by atoms with E-state index in [9.17, 15) is 14.7 Å². The summed E-state index contributed by atoms with van der Waals surface area (Å²) >= 11 is 0. The zero-order valence-corrected chi connectivity index (χ0v) is 17.4. The number of nitrogens with zero attached hydrogens (tertiary/aromatic N) is 2. The van der Waals surface area contributed by atoms with E-state index in [1.807, 2.05) is 19.1 Å². The van der Waals surface area contributed by atoms with Crippen molar-refractivity contribution in [3.63, 3.8) is 0 Å². The van der Waals surface area contributed by atoms with Gasteiger partial charge in [0.2, 0.25) is 0 Å². The fourth-order valence-corrected chi connectivity index (χ4v) is 4.22. The van der Waals surface area contributed by atoms with Crippen molar-refractivity contribution in [2.45, 2.75) is 32.4 Å². The van der Waals surface area contributed by atoms with Crippen molar-refractivity contribution >= 4 is 16.8 Å². The van der Waals surface area contributed by atoms with E-state index in [1.165, 1.54) is 23.0 Å².